The first kappa shape index (κ1) is 9.58. The van der Waals surface area contributed by atoms with Crippen LogP contribution >= 0.6 is 0 Å². The van der Waals surface area contributed by atoms with E-state index in [2.05, 4.69) is 0 Å². The van der Waals surface area contributed by atoms with Gasteiger partial charge >= 0.3 is 0 Å². The number of hydrogen-bond acceptors (Lipinski definition) is 3. The molecule has 70 valence electrons. The highest BCUT2D eigenvalue weighted by Gasteiger charge is 2.08. The molecule has 0 fully saturated rings. The molecule has 3 heteroatoms. The van der Waals surface area contributed by atoms with Gasteiger partial charge in [0, 0.05) is 26.4 Å². The lowest BCUT2D eigenvalue weighted by Crippen LogP contribution is -2.03. The van der Waals surface area contributed by atoms with Gasteiger partial charge in [0.05, 0.1) is 6.26 Å². The SMILES string of the molecule is Cc1ccoc1C(=O)/C=C/N(C)C. The van der Waals surface area contributed by atoms with Crippen LogP contribution in [0.5, 0.6) is 0 Å². The van der Waals surface area contributed by atoms with Gasteiger partial charge in [0.1, 0.15) is 0 Å². The molecule has 0 saturated heterocycles. The second kappa shape index (κ2) is 3.94. The number of nitrogens with zero attached hydrogens (tertiary/aromatic N) is 1. The van der Waals surface area contributed by atoms with Crippen LogP contribution in [0, 0.1) is 6.92 Å². The number of carbonyl (C=O) groups is 1. The molecular weight excluding hydrogens is 166 g/mol. The molecule has 0 aliphatic carbocycles. The van der Waals surface area contributed by atoms with E-state index in [9.17, 15) is 4.79 Å². The van der Waals surface area contributed by atoms with Gasteiger partial charge in [-0.3, -0.25) is 4.79 Å². The fourth-order valence-corrected chi connectivity index (χ4v) is 0.918. The summed E-state index contributed by atoms with van der Waals surface area (Å²) < 4.78 is 5.04. The Balaban J connectivity index is 2.75. The first-order valence-electron chi connectivity index (χ1n) is 4.04. The summed E-state index contributed by atoms with van der Waals surface area (Å²) in [6.07, 6.45) is 4.71. The predicted octanol–water partition coefficient (Wildman–Crippen LogP) is 1.85. The number of furan rings is 1. The van der Waals surface area contributed by atoms with Crippen molar-refractivity contribution in [2.75, 3.05) is 14.1 Å². The van der Waals surface area contributed by atoms with Crippen molar-refractivity contribution in [3.63, 3.8) is 0 Å². The van der Waals surface area contributed by atoms with Gasteiger partial charge in [-0.1, -0.05) is 0 Å². The Morgan fingerprint density at radius 3 is 2.69 bits per heavy atom. The maximum Gasteiger partial charge on any atom is 0.222 e. The lowest BCUT2D eigenvalue weighted by molar-refractivity contribution is 0.102. The highest BCUT2D eigenvalue weighted by Crippen LogP contribution is 2.09. The van der Waals surface area contributed by atoms with E-state index in [1.54, 1.807) is 17.2 Å². The summed E-state index contributed by atoms with van der Waals surface area (Å²) in [6, 6.07) is 1.77. The van der Waals surface area contributed by atoms with E-state index in [0.29, 0.717) is 5.76 Å². The summed E-state index contributed by atoms with van der Waals surface area (Å²) >= 11 is 0. The van der Waals surface area contributed by atoms with Gasteiger partial charge in [0.15, 0.2) is 5.76 Å². The Hall–Kier alpha value is -1.51. The fraction of sp³-hybridized carbons (Fsp3) is 0.300. The van der Waals surface area contributed by atoms with Crippen LogP contribution in [0.15, 0.2) is 29.0 Å². The molecule has 13 heavy (non-hydrogen) atoms. The number of allylic oxidation sites excluding steroid dienone is 1. The molecule has 3 nitrogen and oxygen atoms in total. The highest BCUT2D eigenvalue weighted by atomic mass is 16.3. The quantitative estimate of drug-likeness (QED) is 0.524. The molecule has 0 spiro atoms. The number of hydrogen-bond donors (Lipinski definition) is 0. The molecule has 0 bridgehead atoms. The molecule has 0 amide bonds. The van der Waals surface area contributed by atoms with Gasteiger partial charge in [0.25, 0.3) is 0 Å². The van der Waals surface area contributed by atoms with Crippen LogP contribution in [0.2, 0.25) is 0 Å². The van der Waals surface area contributed by atoms with Crippen LogP contribution in [0.3, 0.4) is 0 Å². The highest BCUT2D eigenvalue weighted by molar-refractivity contribution is 6.03. The van der Waals surface area contributed by atoms with E-state index in [1.165, 1.54) is 12.3 Å². The third kappa shape index (κ3) is 2.47. The Morgan fingerprint density at radius 1 is 1.54 bits per heavy atom. The lowest BCUT2D eigenvalue weighted by Gasteiger charge is -2.01. The van der Waals surface area contributed by atoms with Crippen molar-refractivity contribution >= 4 is 5.78 Å². The van der Waals surface area contributed by atoms with Crippen molar-refractivity contribution < 1.29 is 9.21 Å². The summed E-state index contributed by atoms with van der Waals surface area (Å²) in [5, 5.41) is 0. The summed E-state index contributed by atoms with van der Waals surface area (Å²) in [7, 11) is 3.72. The van der Waals surface area contributed by atoms with Gasteiger partial charge in [0.2, 0.25) is 5.78 Å². The van der Waals surface area contributed by atoms with E-state index in [4.69, 9.17) is 4.42 Å². The molecule has 1 aromatic rings. The first-order valence-corrected chi connectivity index (χ1v) is 4.04. The van der Waals surface area contributed by atoms with Crippen molar-refractivity contribution in [2.24, 2.45) is 0 Å². The minimum Gasteiger partial charge on any atom is -0.461 e. The zero-order chi connectivity index (χ0) is 9.84. The van der Waals surface area contributed by atoms with Crippen molar-refractivity contribution in [1.29, 1.82) is 0 Å². The Bertz CT molecular complexity index is 323. The topological polar surface area (TPSA) is 33.5 Å². The second-order valence-electron chi connectivity index (χ2n) is 3.08. The first-order chi connectivity index (χ1) is 6.11. The average Bonchev–Trinajstić information content (AvgIpc) is 2.47. The Labute approximate surface area is 77.6 Å². The van der Waals surface area contributed by atoms with Crippen molar-refractivity contribution in [3.05, 3.63) is 35.9 Å². The second-order valence-corrected chi connectivity index (χ2v) is 3.08. The molecule has 0 atom stereocenters. The van der Waals surface area contributed by atoms with Crippen LogP contribution < -0.4 is 0 Å². The van der Waals surface area contributed by atoms with Gasteiger partial charge in [-0.25, -0.2) is 0 Å². The summed E-state index contributed by atoms with van der Waals surface area (Å²) in [5.74, 6) is 0.314. The Kier molecular flexibility index (Phi) is 2.90. The van der Waals surface area contributed by atoms with Gasteiger partial charge in [-0.05, 0) is 18.6 Å². The molecule has 0 aliphatic rings. The molecule has 0 aliphatic heterocycles. The van der Waals surface area contributed by atoms with Crippen LogP contribution in [0.25, 0.3) is 0 Å². The maximum absolute atomic E-state index is 11.4. The van der Waals surface area contributed by atoms with Crippen molar-refractivity contribution in [3.8, 4) is 0 Å². The zero-order valence-corrected chi connectivity index (χ0v) is 8.07. The third-order valence-corrected chi connectivity index (χ3v) is 1.61. The van der Waals surface area contributed by atoms with Crippen LogP contribution in [0.4, 0.5) is 0 Å². The molecule has 1 rings (SSSR count). The van der Waals surface area contributed by atoms with E-state index in [0.717, 1.165) is 5.56 Å². The average molecular weight is 179 g/mol. The van der Waals surface area contributed by atoms with Gasteiger partial charge in [-0.2, -0.15) is 0 Å². The molecular formula is C10H13NO2. The molecule has 0 unspecified atom stereocenters. The Morgan fingerprint density at radius 2 is 2.23 bits per heavy atom. The van der Waals surface area contributed by atoms with Crippen LogP contribution in [-0.2, 0) is 0 Å². The molecule has 0 saturated carbocycles. The summed E-state index contributed by atoms with van der Waals surface area (Å²) in [6.45, 7) is 1.85. The van der Waals surface area contributed by atoms with E-state index < -0.39 is 0 Å². The minimum absolute atomic E-state index is 0.101. The maximum atomic E-state index is 11.4. The lowest BCUT2D eigenvalue weighted by atomic mass is 10.2. The standard InChI is InChI=1S/C10H13NO2/c1-8-5-7-13-10(8)9(12)4-6-11(2)3/h4-7H,1-3H3/b6-4+. The number of carbonyl (C=O) groups excluding carboxylic acids is 1. The number of ketones is 1. The number of aryl methyl sites for hydroxylation is 1. The molecule has 0 radical (unpaired) electrons. The predicted molar refractivity (Wildman–Crippen MR) is 50.6 cm³/mol. The van der Waals surface area contributed by atoms with Crippen LogP contribution in [0.1, 0.15) is 16.1 Å². The van der Waals surface area contributed by atoms with E-state index in [-0.39, 0.29) is 5.78 Å². The van der Waals surface area contributed by atoms with Crippen LogP contribution in [-0.4, -0.2) is 24.8 Å². The van der Waals surface area contributed by atoms with Gasteiger partial charge < -0.3 is 9.32 Å². The van der Waals surface area contributed by atoms with E-state index >= 15 is 0 Å². The normalized spacial score (nSPS) is 10.7. The molecule has 0 aromatic carbocycles. The van der Waals surface area contributed by atoms with Crippen molar-refractivity contribution in [2.45, 2.75) is 6.92 Å². The smallest absolute Gasteiger partial charge is 0.222 e. The third-order valence-electron chi connectivity index (χ3n) is 1.61. The molecule has 0 N–H and O–H groups in total. The monoisotopic (exact) mass is 179 g/mol. The zero-order valence-electron chi connectivity index (χ0n) is 8.07. The fourth-order valence-electron chi connectivity index (χ4n) is 0.918. The largest absolute Gasteiger partial charge is 0.461 e. The van der Waals surface area contributed by atoms with Crippen molar-refractivity contribution in [1.82, 2.24) is 4.90 Å². The molecule has 1 heterocycles. The minimum atomic E-state index is -0.101. The van der Waals surface area contributed by atoms with Gasteiger partial charge in [-0.15, -0.1) is 0 Å². The number of rotatable bonds is 3. The summed E-state index contributed by atoms with van der Waals surface area (Å²) in [4.78, 5) is 13.2. The van der Waals surface area contributed by atoms with E-state index in [1.807, 2.05) is 21.0 Å². The summed E-state index contributed by atoms with van der Waals surface area (Å²) in [5.41, 5.74) is 0.869. The molecule has 1 aromatic heterocycles.